The molecular formula is C11H9Cl2NO3. The van der Waals surface area contributed by atoms with Crippen LogP contribution in [0.1, 0.15) is 6.42 Å². The van der Waals surface area contributed by atoms with Crippen molar-refractivity contribution in [3.8, 4) is 0 Å². The van der Waals surface area contributed by atoms with E-state index < -0.39 is 17.8 Å². The van der Waals surface area contributed by atoms with Crippen molar-refractivity contribution < 1.29 is 14.7 Å². The van der Waals surface area contributed by atoms with Crippen LogP contribution in [-0.4, -0.2) is 23.5 Å². The molecule has 4 nitrogen and oxygen atoms in total. The maximum Gasteiger partial charge on any atom is 0.316 e. The Balaban J connectivity index is 2.27. The van der Waals surface area contributed by atoms with Crippen LogP contribution in [0.4, 0.5) is 5.69 Å². The summed E-state index contributed by atoms with van der Waals surface area (Å²) < 4.78 is 0. The van der Waals surface area contributed by atoms with Crippen molar-refractivity contribution in [2.24, 2.45) is 5.92 Å². The average Bonchev–Trinajstić information content (AvgIpc) is 2.64. The fraction of sp³-hybridized carbons (Fsp3) is 0.273. The summed E-state index contributed by atoms with van der Waals surface area (Å²) in [6, 6.07) is 4.79. The maximum atomic E-state index is 11.8. The standard InChI is InChI=1S/C11H9Cl2NO3/c12-8-2-1-6(5-9(8)13)14-4-3-7(10(14)15)11(16)17/h1-2,5,7H,3-4H2,(H,16,17)/t7-/m1/s1. The second kappa shape index (κ2) is 4.55. The molecule has 1 aliphatic rings. The number of amides is 1. The Kier molecular flexibility index (Phi) is 3.26. The third kappa shape index (κ3) is 2.23. The van der Waals surface area contributed by atoms with Crippen LogP contribution in [0.15, 0.2) is 18.2 Å². The molecule has 0 bridgehead atoms. The fourth-order valence-electron chi connectivity index (χ4n) is 1.82. The minimum absolute atomic E-state index is 0.314. The first-order chi connectivity index (χ1) is 8.00. The zero-order valence-corrected chi connectivity index (χ0v) is 10.2. The highest BCUT2D eigenvalue weighted by molar-refractivity contribution is 6.42. The van der Waals surface area contributed by atoms with E-state index in [2.05, 4.69) is 0 Å². The van der Waals surface area contributed by atoms with Gasteiger partial charge in [-0.1, -0.05) is 23.2 Å². The zero-order chi connectivity index (χ0) is 12.6. The number of aliphatic carboxylic acids is 1. The van der Waals surface area contributed by atoms with Gasteiger partial charge in [-0.15, -0.1) is 0 Å². The van der Waals surface area contributed by atoms with E-state index in [0.717, 1.165) is 0 Å². The van der Waals surface area contributed by atoms with Crippen LogP contribution >= 0.6 is 23.2 Å². The predicted octanol–water partition coefficient (Wildman–Crippen LogP) is 2.43. The van der Waals surface area contributed by atoms with Gasteiger partial charge in [0, 0.05) is 12.2 Å². The van der Waals surface area contributed by atoms with E-state index in [9.17, 15) is 9.59 Å². The molecule has 6 heteroatoms. The largest absolute Gasteiger partial charge is 0.481 e. The van der Waals surface area contributed by atoms with Gasteiger partial charge < -0.3 is 10.0 Å². The molecule has 1 aromatic carbocycles. The molecule has 0 aromatic heterocycles. The van der Waals surface area contributed by atoms with Crippen molar-refractivity contribution in [3.05, 3.63) is 28.2 Å². The summed E-state index contributed by atoms with van der Waals surface area (Å²) in [6.45, 7) is 0.383. The molecule has 90 valence electrons. The van der Waals surface area contributed by atoms with E-state index in [-0.39, 0.29) is 0 Å². The Morgan fingerprint density at radius 3 is 2.59 bits per heavy atom. The molecule has 0 saturated carbocycles. The van der Waals surface area contributed by atoms with E-state index in [0.29, 0.717) is 28.7 Å². The van der Waals surface area contributed by atoms with Gasteiger partial charge in [0.15, 0.2) is 0 Å². The Bertz CT molecular complexity index is 490. The molecule has 1 heterocycles. The lowest BCUT2D eigenvalue weighted by molar-refractivity contribution is -0.144. The predicted molar refractivity (Wildman–Crippen MR) is 64.6 cm³/mol. The van der Waals surface area contributed by atoms with Gasteiger partial charge in [0.25, 0.3) is 0 Å². The van der Waals surface area contributed by atoms with Gasteiger partial charge in [-0.3, -0.25) is 9.59 Å². The summed E-state index contributed by atoms with van der Waals surface area (Å²) in [4.78, 5) is 24.0. The molecule has 1 aromatic rings. The quantitative estimate of drug-likeness (QED) is 0.842. The second-order valence-corrected chi connectivity index (χ2v) is 4.58. The van der Waals surface area contributed by atoms with Gasteiger partial charge >= 0.3 is 5.97 Å². The van der Waals surface area contributed by atoms with Crippen molar-refractivity contribution in [2.75, 3.05) is 11.4 Å². The van der Waals surface area contributed by atoms with Crippen LogP contribution in [0, 0.1) is 5.92 Å². The number of carboxylic acid groups (broad SMARTS) is 1. The zero-order valence-electron chi connectivity index (χ0n) is 8.69. The van der Waals surface area contributed by atoms with Crippen LogP contribution in [-0.2, 0) is 9.59 Å². The molecule has 0 aliphatic carbocycles. The Morgan fingerprint density at radius 2 is 2.06 bits per heavy atom. The summed E-state index contributed by atoms with van der Waals surface area (Å²) in [5.41, 5.74) is 0.577. The molecule has 17 heavy (non-hydrogen) atoms. The third-order valence-corrected chi connectivity index (χ3v) is 3.46. The Hall–Kier alpha value is -1.26. The molecule has 0 unspecified atom stereocenters. The minimum atomic E-state index is -1.09. The van der Waals surface area contributed by atoms with E-state index >= 15 is 0 Å². The van der Waals surface area contributed by atoms with Crippen molar-refractivity contribution in [2.45, 2.75) is 6.42 Å². The van der Waals surface area contributed by atoms with Crippen molar-refractivity contribution in [3.63, 3.8) is 0 Å². The Morgan fingerprint density at radius 1 is 1.35 bits per heavy atom. The molecule has 1 amide bonds. The highest BCUT2D eigenvalue weighted by atomic mass is 35.5. The molecule has 1 aliphatic heterocycles. The second-order valence-electron chi connectivity index (χ2n) is 3.77. The number of hydrogen-bond donors (Lipinski definition) is 1. The maximum absolute atomic E-state index is 11.8. The number of carbonyl (C=O) groups excluding carboxylic acids is 1. The van der Waals surface area contributed by atoms with Gasteiger partial charge in [-0.25, -0.2) is 0 Å². The lowest BCUT2D eigenvalue weighted by Gasteiger charge is -2.16. The van der Waals surface area contributed by atoms with E-state index in [1.807, 2.05) is 0 Å². The normalized spacial score (nSPS) is 19.8. The first kappa shape index (κ1) is 12.2. The van der Waals surface area contributed by atoms with Gasteiger partial charge in [0.1, 0.15) is 5.92 Å². The summed E-state index contributed by atoms with van der Waals surface area (Å²) in [5, 5.41) is 9.60. The number of anilines is 1. The molecule has 1 fully saturated rings. The van der Waals surface area contributed by atoms with Crippen LogP contribution in [0.25, 0.3) is 0 Å². The van der Waals surface area contributed by atoms with Gasteiger partial charge in [-0.2, -0.15) is 0 Å². The first-order valence-electron chi connectivity index (χ1n) is 5.00. The van der Waals surface area contributed by atoms with Crippen molar-refractivity contribution in [1.82, 2.24) is 0 Å². The molecule has 0 spiro atoms. The third-order valence-electron chi connectivity index (χ3n) is 2.72. The number of hydrogen-bond acceptors (Lipinski definition) is 2. The smallest absolute Gasteiger partial charge is 0.316 e. The lowest BCUT2D eigenvalue weighted by atomic mass is 10.1. The molecule has 1 saturated heterocycles. The van der Waals surface area contributed by atoms with E-state index in [1.165, 1.54) is 4.90 Å². The summed E-state index contributed by atoms with van der Waals surface area (Å²) in [6.07, 6.45) is 0.314. The van der Waals surface area contributed by atoms with E-state index in [4.69, 9.17) is 28.3 Å². The Labute approximate surface area is 108 Å². The molecule has 0 radical (unpaired) electrons. The summed E-state index contributed by atoms with van der Waals surface area (Å²) in [7, 11) is 0. The topological polar surface area (TPSA) is 57.6 Å². The fourth-order valence-corrected chi connectivity index (χ4v) is 2.11. The summed E-state index contributed by atoms with van der Waals surface area (Å²) >= 11 is 11.6. The van der Waals surface area contributed by atoms with Gasteiger partial charge in [0.05, 0.1) is 10.0 Å². The number of rotatable bonds is 2. The average molecular weight is 274 g/mol. The van der Waals surface area contributed by atoms with Gasteiger partial charge in [-0.05, 0) is 24.6 Å². The monoisotopic (exact) mass is 273 g/mol. The lowest BCUT2D eigenvalue weighted by Crippen LogP contribution is -2.30. The van der Waals surface area contributed by atoms with Crippen LogP contribution in [0.2, 0.25) is 10.0 Å². The minimum Gasteiger partial charge on any atom is -0.481 e. The highest BCUT2D eigenvalue weighted by Gasteiger charge is 2.37. The van der Waals surface area contributed by atoms with Gasteiger partial charge in [0.2, 0.25) is 5.91 Å². The number of carbonyl (C=O) groups is 2. The van der Waals surface area contributed by atoms with Crippen molar-refractivity contribution in [1.29, 1.82) is 0 Å². The first-order valence-corrected chi connectivity index (χ1v) is 5.75. The summed E-state index contributed by atoms with van der Waals surface area (Å²) in [5.74, 6) is -2.45. The number of halogens is 2. The molecule has 1 atom stereocenters. The van der Waals surface area contributed by atoms with Crippen molar-refractivity contribution >= 4 is 40.8 Å². The van der Waals surface area contributed by atoms with Crippen LogP contribution in [0.3, 0.4) is 0 Å². The molecule has 1 N–H and O–H groups in total. The molecule has 2 rings (SSSR count). The number of carboxylic acids is 1. The highest BCUT2D eigenvalue weighted by Crippen LogP contribution is 2.30. The van der Waals surface area contributed by atoms with Crippen LogP contribution in [0.5, 0.6) is 0 Å². The SMILES string of the molecule is O=C(O)[C@@H]1CCN(c2ccc(Cl)c(Cl)c2)C1=O. The number of nitrogens with zero attached hydrogens (tertiary/aromatic N) is 1. The number of benzene rings is 1. The van der Waals surface area contributed by atoms with Crippen LogP contribution < -0.4 is 4.90 Å². The van der Waals surface area contributed by atoms with E-state index in [1.54, 1.807) is 18.2 Å². The molecular weight excluding hydrogens is 265 g/mol.